The Morgan fingerprint density at radius 1 is 1.00 bits per heavy atom. The van der Waals surface area contributed by atoms with Gasteiger partial charge in [0, 0.05) is 35.9 Å². The fourth-order valence-corrected chi connectivity index (χ4v) is 5.88. The predicted octanol–water partition coefficient (Wildman–Crippen LogP) is 5.89. The van der Waals surface area contributed by atoms with Gasteiger partial charge in [-0.15, -0.1) is 0 Å². The summed E-state index contributed by atoms with van der Waals surface area (Å²) < 4.78 is 62.6. The van der Waals surface area contributed by atoms with Crippen LogP contribution in [0.4, 0.5) is 14.5 Å². The molecular weight excluding hydrogens is 510 g/mol. The van der Waals surface area contributed by atoms with Crippen LogP contribution in [-0.2, 0) is 16.6 Å². The lowest BCUT2D eigenvalue weighted by Crippen LogP contribution is -2.40. The van der Waals surface area contributed by atoms with Crippen molar-refractivity contribution in [3.63, 3.8) is 0 Å². The van der Waals surface area contributed by atoms with E-state index >= 15 is 0 Å². The van der Waals surface area contributed by atoms with E-state index in [0.717, 1.165) is 35.3 Å². The van der Waals surface area contributed by atoms with Crippen LogP contribution in [0.15, 0.2) is 71.6 Å². The Bertz CT molecular complexity index is 1300. The van der Waals surface area contributed by atoms with E-state index < -0.39 is 27.3 Å². The standard InChI is InChI=1S/C26H27ClF2N2O4S/c27-21-8-11-23(12-9-21)36(33,34)30(25-18-22(28)10-13-24(25)29)19-20-6-1-2-7-26(20)35-17-5-16-31(32)14-3-4-15-31/h1-2,6-13,18H,3-5,14-17,19H2. The van der Waals surface area contributed by atoms with Gasteiger partial charge in [-0.3, -0.25) is 4.31 Å². The second kappa shape index (κ2) is 11.1. The number of anilines is 1. The summed E-state index contributed by atoms with van der Waals surface area (Å²) in [6.07, 6.45) is 2.41. The summed E-state index contributed by atoms with van der Waals surface area (Å²) in [6, 6.07) is 14.9. The van der Waals surface area contributed by atoms with E-state index in [0.29, 0.717) is 42.4 Å². The van der Waals surface area contributed by atoms with E-state index in [1.165, 1.54) is 24.3 Å². The molecule has 36 heavy (non-hydrogen) atoms. The summed E-state index contributed by atoms with van der Waals surface area (Å²) >= 11 is 5.91. The van der Waals surface area contributed by atoms with Gasteiger partial charge in [0.05, 0.1) is 43.4 Å². The van der Waals surface area contributed by atoms with Crippen molar-refractivity contribution < 1.29 is 26.6 Å². The Kier molecular flexibility index (Phi) is 8.14. The molecule has 4 rings (SSSR count). The van der Waals surface area contributed by atoms with E-state index in [4.69, 9.17) is 16.3 Å². The third-order valence-electron chi connectivity index (χ3n) is 6.21. The zero-order valence-electron chi connectivity index (χ0n) is 19.6. The van der Waals surface area contributed by atoms with Crippen molar-refractivity contribution in [3.05, 3.63) is 94.2 Å². The number of likely N-dealkylation sites (tertiary alicyclic amines) is 1. The number of benzene rings is 3. The highest BCUT2D eigenvalue weighted by Crippen LogP contribution is 2.32. The molecule has 1 fully saturated rings. The third kappa shape index (κ3) is 6.15. The molecule has 0 spiro atoms. The first-order valence-electron chi connectivity index (χ1n) is 11.7. The molecule has 0 saturated carbocycles. The SMILES string of the molecule is O=S(=O)(c1ccc(Cl)cc1)N(Cc1ccccc1OCCC[N+]1([O-])CCCC1)c1cc(F)ccc1F. The number of quaternary nitrogens is 1. The lowest BCUT2D eigenvalue weighted by Gasteiger charge is -2.38. The fourth-order valence-electron chi connectivity index (χ4n) is 4.31. The number of rotatable bonds is 10. The molecule has 10 heteroatoms. The van der Waals surface area contributed by atoms with Crippen molar-refractivity contribution >= 4 is 27.3 Å². The van der Waals surface area contributed by atoms with Gasteiger partial charge in [-0.1, -0.05) is 29.8 Å². The van der Waals surface area contributed by atoms with Crippen LogP contribution >= 0.6 is 11.6 Å². The third-order valence-corrected chi connectivity index (χ3v) is 8.24. The first kappa shape index (κ1) is 26.3. The Morgan fingerprint density at radius 3 is 2.42 bits per heavy atom. The largest absolute Gasteiger partial charge is 0.633 e. The highest BCUT2D eigenvalue weighted by atomic mass is 35.5. The average molecular weight is 537 g/mol. The fraction of sp³-hybridized carbons (Fsp3) is 0.308. The summed E-state index contributed by atoms with van der Waals surface area (Å²) in [7, 11) is -4.30. The molecule has 1 saturated heterocycles. The topological polar surface area (TPSA) is 69.7 Å². The van der Waals surface area contributed by atoms with Crippen LogP contribution in [0.2, 0.25) is 5.02 Å². The molecule has 0 bridgehead atoms. The number of hydrogen-bond acceptors (Lipinski definition) is 4. The van der Waals surface area contributed by atoms with Gasteiger partial charge in [0.2, 0.25) is 0 Å². The van der Waals surface area contributed by atoms with E-state index in [9.17, 15) is 22.4 Å². The normalized spacial score (nSPS) is 15.1. The van der Waals surface area contributed by atoms with E-state index in [2.05, 4.69) is 0 Å². The molecule has 0 aromatic heterocycles. The summed E-state index contributed by atoms with van der Waals surface area (Å²) in [5.41, 5.74) is 0.0393. The second-order valence-corrected chi connectivity index (χ2v) is 11.1. The number of para-hydroxylation sites is 1. The lowest BCUT2D eigenvalue weighted by atomic mass is 10.2. The Morgan fingerprint density at radius 2 is 1.69 bits per heavy atom. The maximum absolute atomic E-state index is 14.8. The van der Waals surface area contributed by atoms with Gasteiger partial charge < -0.3 is 14.6 Å². The first-order valence-corrected chi connectivity index (χ1v) is 13.5. The molecule has 0 atom stereocenters. The molecule has 3 aromatic carbocycles. The van der Waals surface area contributed by atoms with E-state index in [1.54, 1.807) is 24.3 Å². The van der Waals surface area contributed by atoms with Crippen molar-refractivity contribution in [1.82, 2.24) is 0 Å². The van der Waals surface area contributed by atoms with Gasteiger partial charge in [-0.25, -0.2) is 17.2 Å². The number of ether oxygens (including phenoxy) is 1. The number of nitrogens with zero attached hydrogens (tertiary/aromatic N) is 2. The molecule has 192 valence electrons. The first-order chi connectivity index (χ1) is 17.2. The molecule has 1 heterocycles. The van der Waals surface area contributed by atoms with Crippen LogP contribution in [0.3, 0.4) is 0 Å². The molecule has 0 radical (unpaired) electrons. The quantitative estimate of drug-likeness (QED) is 0.184. The van der Waals surface area contributed by atoms with Crippen molar-refractivity contribution in [2.45, 2.75) is 30.7 Å². The zero-order valence-corrected chi connectivity index (χ0v) is 21.1. The van der Waals surface area contributed by atoms with Crippen molar-refractivity contribution in [2.24, 2.45) is 0 Å². The van der Waals surface area contributed by atoms with Crippen LogP contribution in [-0.4, -0.2) is 39.3 Å². The maximum atomic E-state index is 14.8. The van der Waals surface area contributed by atoms with Crippen molar-refractivity contribution in [1.29, 1.82) is 0 Å². The Balaban J connectivity index is 1.61. The number of sulfonamides is 1. The maximum Gasteiger partial charge on any atom is 0.264 e. The van der Waals surface area contributed by atoms with Gasteiger partial charge >= 0.3 is 0 Å². The summed E-state index contributed by atoms with van der Waals surface area (Å²) in [5.74, 6) is -1.25. The van der Waals surface area contributed by atoms with Crippen molar-refractivity contribution in [2.75, 3.05) is 30.5 Å². The van der Waals surface area contributed by atoms with Gasteiger partial charge in [0.15, 0.2) is 0 Å². The molecule has 1 aliphatic rings. The van der Waals surface area contributed by atoms with Gasteiger partial charge in [0.25, 0.3) is 10.0 Å². The summed E-state index contributed by atoms with van der Waals surface area (Å²) in [4.78, 5) is -0.121. The Hall–Kier alpha value is -2.72. The molecule has 0 N–H and O–H groups in total. The average Bonchev–Trinajstić information content (AvgIpc) is 3.29. The molecule has 6 nitrogen and oxygen atoms in total. The number of hydroxylamine groups is 3. The van der Waals surface area contributed by atoms with E-state index in [-0.39, 0.29) is 22.7 Å². The predicted molar refractivity (Wildman–Crippen MR) is 135 cm³/mol. The minimum atomic E-state index is -4.30. The molecule has 0 amide bonds. The highest BCUT2D eigenvalue weighted by Gasteiger charge is 2.29. The molecule has 1 aliphatic heterocycles. The van der Waals surface area contributed by atoms with Gasteiger partial charge in [-0.05, 0) is 42.5 Å². The van der Waals surface area contributed by atoms with Gasteiger partial charge in [-0.2, -0.15) is 0 Å². The smallest absolute Gasteiger partial charge is 0.264 e. The number of hydrogen-bond donors (Lipinski definition) is 0. The van der Waals surface area contributed by atoms with E-state index in [1.807, 2.05) is 0 Å². The molecule has 0 aliphatic carbocycles. The van der Waals surface area contributed by atoms with Crippen LogP contribution in [0.25, 0.3) is 0 Å². The Labute approximate surface area is 214 Å². The minimum absolute atomic E-state index is 0.121. The minimum Gasteiger partial charge on any atom is -0.633 e. The number of halogens is 3. The lowest BCUT2D eigenvalue weighted by molar-refractivity contribution is -0.868. The summed E-state index contributed by atoms with van der Waals surface area (Å²) in [5, 5.41) is 12.9. The van der Waals surface area contributed by atoms with Crippen LogP contribution in [0.1, 0.15) is 24.8 Å². The molecular formula is C26H27ClF2N2O4S. The monoisotopic (exact) mass is 536 g/mol. The molecule has 0 unspecified atom stereocenters. The molecule has 3 aromatic rings. The highest BCUT2D eigenvalue weighted by molar-refractivity contribution is 7.92. The van der Waals surface area contributed by atoms with Crippen LogP contribution < -0.4 is 9.04 Å². The van der Waals surface area contributed by atoms with Crippen LogP contribution in [0, 0.1) is 16.8 Å². The van der Waals surface area contributed by atoms with Gasteiger partial charge in [0.1, 0.15) is 17.4 Å². The van der Waals surface area contributed by atoms with Crippen molar-refractivity contribution in [3.8, 4) is 5.75 Å². The summed E-state index contributed by atoms with van der Waals surface area (Å²) in [6.45, 7) is 1.66. The van der Waals surface area contributed by atoms with Crippen LogP contribution in [0.5, 0.6) is 5.75 Å². The second-order valence-electron chi connectivity index (χ2n) is 8.81. The zero-order chi connectivity index (χ0) is 25.8.